The molecule has 16 heavy (non-hydrogen) atoms. The number of aromatic nitrogens is 1. The van der Waals surface area contributed by atoms with Crippen molar-refractivity contribution in [2.24, 2.45) is 0 Å². The molecule has 84 valence electrons. The van der Waals surface area contributed by atoms with Gasteiger partial charge < -0.3 is 9.73 Å². The summed E-state index contributed by atoms with van der Waals surface area (Å²) >= 11 is 1.95. The van der Waals surface area contributed by atoms with Gasteiger partial charge in [0.2, 0.25) is 5.89 Å². The Balaban J connectivity index is 2.01. The lowest BCUT2D eigenvalue weighted by atomic mass is 10.2. The van der Waals surface area contributed by atoms with Crippen molar-refractivity contribution in [3.05, 3.63) is 29.7 Å². The van der Waals surface area contributed by atoms with Crippen molar-refractivity contribution in [2.45, 2.75) is 13.0 Å². The summed E-state index contributed by atoms with van der Waals surface area (Å²) in [4.78, 5) is 4.55. The van der Waals surface area contributed by atoms with Gasteiger partial charge in [-0.1, -0.05) is 12.1 Å². The minimum atomic E-state index is 0.269. The van der Waals surface area contributed by atoms with Crippen LogP contribution in [0, 0.1) is 6.92 Å². The molecule has 1 aromatic carbocycles. The van der Waals surface area contributed by atoms with Crippen molar-refractivity contribution in [3.8, 4) is 0 Å². The Morgan fingerprint density at radius 3 is 3.19 bits per heavy atom. The van der Waals surface area contributed by atoms with Gasteiger partial charge in [-0.25, -0.2) is 4.98 Å². The van der Waals surface area contributed by atoms with E-state index in [1.54, 1.807) is 0 Å². The van der Waals surface area contributed by atoms with Gasteiger partial charge in [0.25, 0.3) is 0 Å². The first-order valence-corrected chi connectivity index (χ1v) is 6.67. The Hall–Kier alpha value is -1.00. The summed E-state index contributed by atoms with van der Waals surface area (Å²) < 4.78 is 5.85. The fraction of sp³-hybridized carbons (Fsp3) is 0.417. The van der Waals surface area contributed by atoms with Crippen LogP contribution < -0.4 is 5.32 Å². The zero-order valence-electron chi connectivity index (χ0n) is 9.19. The predicted molar refractivity (Wildman–Crippen MR) is 66.8 cm³/mol. The first-order valence-electron chi connectivity index (χ1n) is 5.52. The summed E-state index contributed by atoms with van der Waals surface area (Å²) in [7, 11) is 0. The number of benzene rings is 1. The summed E-state index contributed by atoms with van der Waals surface area (Å²) in [5.74, 6) is 3.05. The Morgan fingerprint density at radius 2 is 2.44 bits per heavy atom. The molecule has 1 aliphatic rings. The van der Waals surface area contributed by atoms with Crippen LogP contribution in [-0.4, -0.2) is 23.0 Å². The number of hydrogen-bond donors (Lipinski definition) is 1. The zero-order chi connectivity index (χ0) is 11.0. The molecule has 0 radical (unpaired) electrons. The molecule has 0 amide bonds. The minimum Gasteiger partial charge on any atom is -0.439 e. The number of para-hydroxylation sites is 1. The molecular formula is C12H14N2OS. The number of aryl methyl sites for hydroxylation is 1. The molecule has 2 aromatic rings. The van der Waals surface area contributed by atoms with Crippen molar-refractivity contribution in [3.63, 3.8) is 0 Å². The van der Waals surface area contributed by atoms with E-state index in [2.05, 4.69) is 23.3 Å². The second-order valence-corrected chi connectivity index (χ2v) is 5.21. The Labute approximate surface area is 98.6 Å². The van der Waals surface area contributed by atoms with Gasteiger partial charge >= 0.3 is 0 Å². The first-order chi connectivity index (χ1) is 7.84. The monoisotopic (exact) mass is 234 g/mol. The summed E-state index contributed by atoms with van der Waals surface area (Å²) in [6.07, 6.45) is 0. The van der Waals surface area contributed by atoms with Crippen LogP contribution in [0.3, 0.4) is 0 Å². The van der Waals surface area contributed by atoms with Gasteiger partial charge in [-0.15, -0.1) is 0 Å². The van der Waals surface area contributed by atoms with E-state index in [-0.39, 0.29) is 6.04 Å². The average Bonchev–Trinajstić information content (AvgIpc) is 2.76. The molecule has 0 spiro atoms. The van der Waals surface area contributed by atoms with E-state index in [9.17, 15) is 0 Å². The summed E-state index contributed by atoms with van der Waals surface area (Å²) in [5.41, 5.74) is 3.04. The van der Waals surface area contributed by atoms with Gasteiger partial charge in [-0.2, -0.15) is 11.8 Å². The second-order valence-electron chi connectivity index (χ2n) is 4.06. The second kappa shape index (κ2) is 4.11. The lowest BCUT2D eigenvalue weighted by molar-refractivity contribution is 0.441. The van der Waals surface area contributed by atoms with Crippen molar-refractivity contribution in [1.82, 2.24) is 10.3 Å². The Morgan fingerprint density at radius 1 is 1.50 bits per heavy atom. The van der Waals surface area contributed by atoms with Gasteiger partial charge in [0, 0.05) is 18.1 Å². The molecular weight excluding hydrogens is 220 g/mol. The van der Waals surface area contributed by atoms with Crippen LogP contribution in [0.2, 0.25) is 0 Å². The fourth-order valence-electron chi connectivity index (χ4n) is 1.98. The van der Waals surface area contributed by atoms with E-state index in [1.807, 2.05) is 23.9 Å². The lowest BCUT2D eigenvalue weighted by Crippen LogP contribution is -2.30. The summed E-state index contributed by atoms with van der Waals surface area (Å²) in [6.45, 7) is 3.09. The van der Waals surface area contributed by atoms with E-state index in [4.69, 9.17) is 4.42 Å². The molecule has 1 atom stereocenters. The van der Waals surface area contributed by atoms with E-state index < -0.39 is 0 Å². The molecule has 1 unspecified atom stereocenters. The number of nitrogens with one attached hydrogen (secondary N) is 1. The van der Waals surface area contributed by atoms with Crippen LogP contribution in [-0.2, 0) is 0 Å². The van der Waals surface area contributed by atoms with Crippen molar-refractivity contribution < 1.29 is 4.42 Å². The van der Waals surface area contributed by atoms with E-state index >= 15 is 0 Å². The maximum absolute atomic E-state index is 5.85. The quantitative estimate of drug-likeness (QED) is 0.822. The van der Waals surface area contributed by atoms with Crippen LogP contribution in [0.4, 0.5) is 0 Å². The predicted octanol–water partition coefficient (Wildman–Crippen LogP) is 2.51. The third-order valence-electron chi connectivity index (χ3n) is 2.85. The molecule has 1 saturated heterocycles. The van der Waals surface area contributed by atoms with Gasteiger partial charge in [-0.05, 0) is 18.6 Å². The van der Waals surface area contributed by atoms with Crippen molar-refractivity contribution in [1.29, 1.82) is 0 Å². The van der Waals surface area contributed by atoms with Gasteiger partial charge in [0.1, 0.15) is 5.52 Å². The standard InChI is InChI=1S/C12H14N2OS/c1-8-3-2-4-9-11(8)15-12(14-9)10-7-16-6-5-13-10/h2-4,10,13H,5-7H2,1H3. The van der Waals surface area contributed by atoms with Crippen LogP contribution in [0.25, 0.3) is 11.1 Å². The highest BCUT2D eigenvalue weighted by atomic mass is 32.2. The molecule has 0 aliphatic carbocycles. The third-order valence-corrected chi connectivity index (χ3v) is 3.91. The topological polar surface area (TPSA) is 38.1 Å². The van der Waals surface area contributed by atoms with Crippen LogP contribution in [0.1, 0.15) is 17.5 Å². The fourth-order valence-corrected chi connectivity index (χ4v) is 2.90. The molecule has 1 N–H and O–H groups in total. The maximum Gasteiger partial charge on any atom is 0.213 e. The SMILES string of the molecule is Cc1cccc2nc(C3CSCCN3)oc12. The Bertz CT molecular complexity index is 503. The Kier molecular flexibility index (Phi) is 2.61. The number of rotatable bonds is 1. The zero-order valence-corrected chi connectivity index (χ0v) is 10.0. The first kappa shape index (κ1) is 10.2. The van der Waals surface area contributed by atoms with Crippen molar-refractivity contribution >= 4 is 22.9 Å². The lowest BCUT2D eigenvalue weighted by Gasteiger charge is -2.19. The van der Waals surface area contributed by atoms with E-state index in [0.717, 1.165) is 34.9 Å². The van der Waals surface area contributed by atoms with Crippen LogP contribution >= 0.6 is 11.8 Å². The van der Waals surface area contributed by atoms with Crippen LogP contribution in [0.5, 0.6) is 0 Å². The molecule has 1 aliphatic heterocycles. The molecule has 2 heterocycles. The minimum absolute atomic E-state index is 0.269. The molecule has 3 rings (SSSR count). The van der Waals surface area contributed by atoms with Crippen LogP contribution in [0.15, 0.2) is 22.6 Å². The molecule has 0 bridgehead atoms. The van der Waals surface area contributed by atoms with E-state index in [1.165, 1.54) is 5.75 Å². The number of hydrogen-bond acceptors (Lipinski definition) is 4. The maximum atomic E-state index is 5.85. The van der Waals surface area contributed by atoms with Crippen molar-refractivity contribution in [2.75, 3.05) is 18.1 Å². The van der Waals surface area contributed by atoms with Gasteiger partial charge in [0.15, 0.2) is 5.58 Å². The molecule has 1 fully saturated rings. The average molecular weight is 234 g/mol. The number of fused-ring (bicyclic) bond motifs is 1. The smallest absolute Gasteiger partial charge is 0.213 e. The highest BCUT2D eigenvalue weighted by molar-refractivity contribution is 7.99. The molecule has 4 heteroatoms. The summed E-state index contributed by atoms with van der Waals surface area (Å²) in [6, 6.07) is 6.35. The molecule has 1 aromatic heterocycles. The normalized spacial score (nSPS) is 21.4. The number of thioether (sulfide) groups is 1. The van der Waals surface area contributed by atoms with Gasteiger partial charge in [-0.3, -0.25) is 0 Å². The van der Waals surface area contributed by atoms with Gasteiger partial charge in [0.05, 0.1) is 6.04 Å². The largest absolute Gasteiger partial charge is 0.439 e. The summed E-state index contributed by atoms with van der Waals surface area (Å²) in [5, 5.41) is 3.44. The molecule has 0 saturated carbocycles. The molecule has 3 nitrogen and oxygen atoms in total. The number of nitrogens with zero attached hydrogens (tertiary/aromatic N) is 1. The highest BCUT2D eigenvalue weighted by Gasteiger charge is 2.20. The third kappa shape index (κ3) is 1.72. The number of oxazole rings is 1. The van der Waals surface area contributed by atoms with E-state index in [0.29, 0.717) is 0 Å². The highest BCUT2D eigenvalue weighted by Crippen LogP contribution is 2.26.